The molecule has 9 nitrogen and oxygen atoms in total. The molecule has 0 aromatic heterocycles. The highest BCUT2D eigenvalue weighted by Gasteiger charge is 2.66. The summed E-state index contributed by atoms with van der Waals surface area (Å²) in [5.41, 5.74) is 0.805. The van der Waals surface area contributed by atoms with Crippen LogP contribution >= 0.6 is 0 Å². The molecule has 2 saturated heterocycles. The van der Waals surface area contributed by atoms with E-state index in [1.807, 2.05) is 24.3 Å². The fraction of sp³-hybridized carbons (Fsp3) is 0.333. The quantitative estimate of drug-likeness (QED) is 0.407. The Balaban J connectivity index is 1.66. The zero-order valence-corrected chi connectivity index (χ0v) is 18.3. The van der Waals surface area contributed by atoms with Crippen molar-refractivity contribution < 1.29 is 19.3 Å². The Labute approximate surface area is 189 Å². The summed E-state index contributed by atoms with van der Waals surface area (Å²) in [6, 6.07) is 11.4. The van der Waals surface area contributed by atoms with Crippen LogP contribution in [0.25, 0.3) is 0 Å². The second-order valence-electron chi connectivity index (χ2n) is 9.60. The number of carbonyl (C=O) groups excluding carboxylic acids is 3. The summed E-state index contributed by atoms with van der Waals surface area (Å²) in [5.74, 6) is -2.95. The molecule has 0 N–H and O–H groups in total. The molecule has 0 aliphatic carbocycles. The molecule has 5 rings (SSSR count). The first-order valence-corrected chi connectivity index (χ1v) is 10.7. The third kappa shape index (κ3) is 2.99. The number of non-ortho nitro benzene ring substituents is 1. The third-order valence-electron chi connectivity index (χ3n) is 6.60. The topological polar surface area (TPSA) is 113 Å². The van der Waals surface area contributed by atoms with Crippen LogP contribution in [0.15, 0.2) is 53.6 Å². The number of nitrogens with zero attached hydrogens (tertiary/aromatic N) is 4. The van der Waals surface area contributed by atoms with Gasteiger partial charge in [0.25, 0.3) is 5.69 Å². The minimum atomic E-state index is -0.934. The molecular formula is C24H22N4O5. The number of fused-ring (bicyclic) bond motifs is 5. The molecule has 0 radical (unpaired) electrons. The van der Waals surface area contributed by atoms with Gasteiger partial charge in [-0.15, -0.1) is 0 Å². The van der Waals surface area contributed by atoms with Crippen LogP contribution < -0.4 is 4.90 Å². The van der Waals surface area contributed by atoms with Gasteiger partial charge in [-0.3, -0.25) is 29.5 Å². The lowest BCUT2D eigenvalue weighted by molar-refractivity contribution is -0.384. The Bertz CT molecular complexity index is 1250. The second kappa shape index (κ2) is 7.06. The summed E-state index contributed by atoms with van der Waals surface area (Å²) < 4.78 is 0. The molecule has 0 saturated carbocycles. The maximum absolute atomic E-state index is 13.7. The van der Waals surface area contributed by atoms with Gasteiger partial charge in [-0.25, -0.2) is 4.90 Å². The van der Waals surface area contributed by atoms with Crippen molar-refractivity contribution in [1.82, 2.24) is 5.01 Å². The molecule has 2 aromatic carbocycles. The maximum atomic E-state index is 13.7. The molecule has 3 aliphatic rings. The molecule has 3 heterocycles. The van der Waals surface area contributed by atoms with Gasteiger partial charge in [0.05, 0.1) is 34.7 Å². The van der Waals surface area contributed by atoms with Crippen LogP contribution in [0.3, 0.4) is 0 Å². The van der Waals surface area contributed by atoms with Crippen molar-refractivity contribution in [2.45, 2.75) is 32.9 Å². The van der Waals surface area contributed by atoms with E-state index in [0.29, 0.717) is 0 Å². The van der Waals surface area contributed by atoms with Gasteiger partial charge in [-0.05, 0) is 17.2 Å². The van der Waals surface area contributed by atoms with Crippen molar-refractivity contribution in [2.24, 2.45) is 22.4 Å². The largest absolute Gasteiger partial charge is 0.297 e. The van der Waals surface area contributed by atoms with Crippen LogP contribution in [0.1, 0.15) is 37.9 Å². The van der Waals surface area contributed by atoms with Gasteiger partial charge in [-0.1, -0.05) is 51.1 Å². The second-order valence-corrected chi connectivity index (χ2v) is 9.60. The summed E-state index contributed by atoms with van der Waals surface area (Å²) >= 11 is 0. The first kappa shape index (κ1) is 21.0. The molecule has 168 valence electrons. The lowest BCUT2D eigenvalue weighted by Gasteiger charge is -2.35. The third-order valence-corrected chi connectivity index (χ3v) is 6.60. The number of nitro groups is 1. The average Bonchev–Trinajstić information content (AvgIpc) is 3.25. The monoisotopic (exact) mass is 446 g/mol. The Hall–Kier alpha value is -3.88. The first-order chi connectivity index (χ1) is 15.6. The van der Waals surface area contributed by atoms with E-state index in [2.05, 4.69) is 5.10 Å². The Morgan fingerprint density at radius 3 is 2.42 bits per heavy atom. The van der Waals surface area contributed by atoms with E-state index in [9.17, 15) is 24.5 Å². The van der Waals surface area contributed by atoms with E-state index in [1.54, 1.807) is 32.0 Å². The van der Waals surface area contributed by atoms with Crippen molar-refractivity contribution in [2.75, 3.05) is 4.90 Å². The lowest BCUT2D eigenvalue weighted by Crippen LogP contribution is -2.48. The van der Waals surface area contributed by atoms with E-state index in [0.717, 1.165) is 16.0 Å². The maximum Gasteiger partial charge on any atom is 0.271 e. The standard InChI is InChI=1S/C24H22N4O5/c1-24(2,3)21(29)20-18-17(19-16-10-5-4-7-13(16)12-25-27(19)20)22(30)26(23(18)31)14-8-6-9-15(11-14)28(32)33/h4-12,17-20H,1-3H3/t17-,18+,19+,20+/m0/s1. The highest BCUT2D eigenvalue weighted by atomic mass is 16.6. The van der Waals surface area contributed by atoms with Crippen LogP contribution in [0.4, 0.5) is 11.4 Å². The minimum Gasteiger partial charge on any atom is -0.297 e. The Morgan fingerprint density at radius 1 is 1.03 bits per heavy atom. The van der Waals surface area contributed by atoms with E-state index in [1.165, 1.54) is 24.3 Å². The number of ketones is 1. The SMILES string of the molecule is CC(C)(C)C(=O)[C@H]1[C@@H]2C(=O)N(c3cccc([N+](=O)[O-])c3)C(=O)[C@@H]2[C@H]2c3ccccc3C=NN21. The van der Waals surface area contributed by atoms with Gasteiger partial charge in [-0.2, -0.15) is 5.10 Å². The van der Waals surface area contributed by atoms with Crippen molar-refractivity contribution in [3.05, 3.63) is 69.8 Å². The van der Waals surface area contributed by atoms with Crippen molar-refractivity contribution in [3.63, 3.8) is 0 Å². The van der Waals surface area contributed by atoms with Crippen LogP contribution in [0.5, 0.6) is 0 Å². The number of rotatable bonds is 3. The number of hydrazone groups is 1. The average molecular weight is 446 g/mol. The molecule has 2 aromatic rings. The number of imide groups is 1. The number of hydrogen-bond donors (Lipinski definition) is 0. The van der Waals surface area contributed by atoms with Crippen LogP contribution in [-0.4, -0.2) is 39.8 Å². The first-order valence-electron chi connectivity index (χ1n) is 10.7. The van der Waals surface area contributed by atoms with Crippen molar-refractivity contribution in [1.29, 1.82) is 0 Å². The van der Waals surface area contributed by atoms with E-state index in [4.69, 9.17) is 0 Å². The molecule has 0 spiro atoms. The highest BCUT2D eigenvalue weighted by Crippen LogP contribution is 2.53. The number of Topliss-reactive ketones (excluding diaryl/α,β-unsaturated/α-hetero) is 1. The van der Waals surface area contributed by atoms with E-state index >= 15 is 0 Å². The van der Waals surface area contributed by atoms with Crippen molar-refractivity contribution in [3.8, 4) is 0 Å². The fourth-order valence-electron chi connectivity index (χ4n) is 5.11. The summed E-state index contributed by atoms with van der Waals surface area (Å²) in [6.45, 7) is 5.33. The predicted molar refractivity (Wildman–Crippen MR) is 119 cm³/mol. The summed E-state index contributed by atoms with van der Waals surface area (Å²) in [5, 5.41) is 17.4. The number of hydrogen-bond acceptors (Lipinski definition) is 7. The number of amides is 2. The van der Waals surface area contributed by atoms with Gasteiger partial charge in [0.15, 0.2) is 5.78 Å². The summed E-state index contributed by atoms with van der Waals surface area (Å²) in [4.78, 5) is 52.6. The van der Waals surface area contributed by atoms with Gasteiger partial charge in [0.2, 0.25) is 11.8 Å². The summed E-state index contributed by atoms with van der Waals surface area (Å²) in [7, 11) is 0. The molecule has 3 aliphatic heterocycles. The molecule has 4 atom stereocenters. The number of benzene rings is 2. The normalized spacial score (nSPS) is 25.7. The Morgan fingerprint density at radius 2 is 1.73 bits per heavy atom. The molecule has 2 amide bonds. The minimum absolute atomic E-state index is 0.134. The molecule has 33 heavy (non-hydrogen) atoms. The predicted octanol–water partition coefficient (Wildman–Crippen LogP) is 3.09. The molecule has 0 unspecified atom stereocenters. The molecule has 9 heteroatoms. The smallest absolute Gasteiger partial charge is 0.271 e. The Kier molecular flexibility index (Phi) is 4.49. The zero-order chi connectivity index (χ0) is 23.7. The molecular weight excluding hydrogens is 424 g/mol. The highest BCUT2D eigenvalue weighted by molar-refractivity contribution is 6.24. The molecule has 2 fully saturated rings. The van der Waals surface area contributed by atoms with E-state index in [-0.39, 0.29) is 17.2 Å². The van der Waals surface area contributed by atoms with Gasteiger partial charge < -0.3 is 0 Å². The number of nitro benzene ring substituents is 1. The van der Waals surface area contributed by atoms with Crippen LogP contribution in [0, 0.1) is 27.4 Å². The van der Waals surface area contributed by atoms with Gasteiger partial charge >= 0.3 is 0 Å². The van der Waals surface area contributed by atoms with E-state index < -0.39 is 46.1 Å². The van der Waals surface area contributed by atoms with Gasteiger partial charge in [0.1, 0.15) is 6.04 Å². The van der Waals surface area contributed by atoms with Crippen LogP contribution in [-0.2, 0) is 14.4 Å². The van der Waals surface area contributed by atoms with Crippen LogP contribution in [0.2, 0.25) is 0 Å². The lowest BCUT2D eigenvalue weighted by atomic mass is 9.79. The number of carbonyl (C=O) groups is 3. The van der Waals surface area contributed by atoms with Gasteiger partial charge in [0, 0.05) is 17.5 Å². The zero-order valence-electron chi connectivity index (χ0n) is 18.3. The fourth-order valence-corrected chi connectivity index (χ4v) is 5.11. The summed E-state index contributed by atoms with van der Waals surface area (Å²) in [6.07, 6.45) is 1.66. The number of anilines is 1. The molecule has 0 bridgehead atoms. The van der Waals surface area contributed by atoms with Crippen molar-refractivity contribution >= 4 is 35.2 Å².